The number of benzene rings is 1. The Labute approximate surface area is 167 Å². The summed E-state index contributed by atoms with van der Waals surface area (Å²) in [5.74, 6) is -0.705. The van der Waals surface area contributed by atoms with Gasteiger partial charge in [0.1, 0.15) is 11.5 Å². The standard InChI is InChI=1S/C21H21FN4O3/c22-16-6-4-15(5-7-16)11-19(27)26-10-2-8-21(14-26)12-18(25-29-21)20(28)24-17-3-1-9-23-13-17/h1,3-7,9,13H,2,8,10-12,14H2,(H,24,28). The number of likely N-dealkylation sites (tertiary alicyclic amines) is 1. The number of pyridine rings is 1. The third kappa shape index (κ3) is 4.42. The third-order valence-electron chi connectivity index (χ3n) is 5.18. The highest BCUT2D eigenvalue weighted by molar-refractivity contribution is 6.43. The summed E-state index contributed by atoms with van der Waals surface area (Å²) >= 11 is 0. The van der Waals surface area contributed by atoms with Crippen LogP contribution in [-0.2, 0) is 20.8 Å². The van der Waals surface area contributed by atoms with Gasteiger partial charge in [-0.1, -0.05) is 17.3 Å². The smallest absolute Gasteiger partial charge is 0.273 e. The molecule has 1 aromatic carbocycles. The predicted octanol–water partition coefficient (Wildman–Crippen LogP) is 2.54. The highest BCUT2D eigenvalue weighted by atomic mass is 19.1. The molecule has 8 heteroatoms. The Morgan fingerprint density at radius 2 is 2.07 bits per heavy atom. The van der Waals surface area contributed by atoms with Crippen molar-refractivity contribution in [1.29, 1.82) is 0 Å². The fraction of sp³-hybridized carbons (Fsp3) is 0.333. The number of hydrogen-bond donors (Lipinski definition) is 1. The van der Waals surface area contributed by atoms with Gasteiger partial charge in [-0.3, -0.25) is 14.6 Å². The summed E-state index contributed by atoms with van der Waals surface area (Å²) in [7, 11) is 0. The van der Waals surface area contributed by atoms with Crippen LogP contribution in [0, 0.1) is 5.82 Å². The number of rotatable bonds is 4. The lowest BCUT2D eigenvalue weighted by Gasteiger charge is -2.38. The van der Waals surface area contributed by atoms with Crippen molar-refractivity contribution in [2.75, 3.05) is 18.4 Å². The van der Waals surface area contributed by atoms with Gasteiger partial charge in [-0.25, -0.2) is 4.39 Å². The minimum Gasteiger partial charge on any atom is -0.386 e. The van der Waals surface area contributed by atoms with Crippen molar-refractivity contribution in [3.05, 3.63) is 60.2 Å². The molecule has 1 aromatic heterocycles. The van der Waals surface area contributed by atoms with Crippen LogP contribution in [0.2, 0.25) is 0 Å². The van der Waals surface area contributed by atoms with Crippen LogP contribution in [0.5, 0.6) is 0 Å². The number of oxime groups is 1. The fourth-order valence-electron chi connectivity index (χ4n) is 3.70. The van der Waals surface area contributed by atoms with Crippen LogP contribution >= 0.6 is 0 Å². The molecule has 2 amide bonds. The maximum atomic E-state index is 13.1. The van der Waals surface area contributed by atoms with Crippen LogP contribution in [0.4, 0.5) is 10.1 Å². The first kappa shape index (κ1) is 19.0. The van der Waals surface area contributed by atoms with E-state index in [0.717, 1.165) is 18.4 Å². The zero-order chi connectivity index (χ0) is 20.3. The number of halogens is 1. The molecule has 4 rings (SSSR count). The van der Waals surface area contributed by atoms with E-state index >= 15 is 0 Å². The van der Waals surface area contributed by atoms with Gasteiger partial charge in [-0.05, 0) is 42.7 Å². The monoisotopic (exact) mass is 396 g/mol. The summed E-state index contributed by atoms with van der Waals surface area (Å²) in [5, 5.41) is 6.75. The molecular weight excluding hydrogens is 375 g/mol. The molecule has 150 valence electrons. The Balaban J connectivity index is 1.36. The van der Waals surface area contributed by atoms with Crippen LogP contribution in [0.3, 0.4) is 0 Å². The molecule has 7 nitrogen and oxygen atoms in total. The topological polar surface area (TPSA) is 83.9 Å². The zero-order valence-corrected chi connectivity index (χ0v) is 15.8. The van der Waals surface area contributed by atoms with E-state index in [4.69, 9.17) is 4.84 Å². The molecule has 2 aliphatic rings. The molecule has 0 saturated carbocycles. The van der Waals surface area contributed by atoms with E-state index in [1.807, 2.05) is 0 Å². The van der Waals surface area contributed by atoms with Crippen LogP contribution in [-0.4, -0.2) is 46.1 Å². The molecule has 2 aliphatic heterocycles. The van der Waals surface area contributed by atoms with Gasteiger partial charge in [0.2, 0.25) is 5.91 Å². The number of piperidine rings is 1. The molecule has 29 heavy (non-hydrogen) atoms. The summed E-state index contributed by atoms with van der Waals surface area (Å²) < 4.78 is 13.1. The van der Waals surface area contributed by atoms with E-state index in [9.17, 15) is 14.0 Å². The van der Waals surface area contributed by atoms with E-state index in [1.54, 1.807) is 41.6 Å². The number of hydrogen-bond acceptors (Lipinski definition) is 5. The lowest BCUT2D eigenvalue weighted by molar-refractivity contribution is -0.139. The number of anilines is 1. The number of aromatic nitrogens is 1. The van der Waals surface area contributed by atoms with E-state index in [1.165, 1.54) is 12.1 Å². The molecule has 1 saturated heterocycles. The number of nitrogens with one attached hydrogen (secondary N) is 1. The summed E-state index contributed by atoms with van der Waals surface area (Å²) in [4.78, 5) is 36.5. The van der Waals surface area contributed by atoms with Crippen LogP contribution in [0.15, 0.2) is 53.9 Å². The van der Waals surface area contributed by atoms with Crippen molar-refractivity contribution in [3.8, 4) is 0 Å². The van der Waals surface area contributed by atoms with Crippen LogP contribution in [0.25, 0.3) is 0 Å². The zero-order valence-electron chi connectivity index (χ0n) is 15.8. The summed E-state index contributed by atoms with van der Waals surface area (Å²) in [5.41, 5.74) is 0.983. The van der Waals surface area contributed by atoms with E-state index < -0.39 is 5.60 Å². The second kappa shape index (κ2) is 7.98. The van der Waals surface area contributed by atoms with Crippen molar-refractivity contribution in [1.82, 2.24) is 9.88 Å². The third-order valence-corrected chi connectivity index (χ3v) is 5.18. The first-order valence-electron chi connectivity index (χ1n) is 9.52. The Morgan fingerprint density at radius 1 is 1.24 bits per heavy atom. The highest BCUT2D eigenvalue weighted by Gasteiger charge is 2.45. The Morgan fingerprint density at radius 3 is 2.83 bits per heavy atom. The second-order valence-electron chi connectivity index (χ2n) is 7.41. The summed E-state index contributed by atoms with van der Waals surface area (Å²) in [6.45, 7) is 1.00. The first-order chi connectivity index (χ1) is 14.0. The van der Waals surface area contributed by atoms with Crippen molar-refractivity contribution in [3.63, 3.8) is 0 Å². The lowest BCUT2D eigenvalue weighted by atomic mass is 9.87. The second-order valence-corrected chi connectivity index (χ2v) is 7.41. The van der Waals surface area contributed by atoms with Gasteiger partial charge in [0, 0.05) is 19.2 Å². The van der Waals surface area contributed by atoms with Gasteiger partial charge in [-0.2, -0.15) is 0 Å². The molecule has 1 unspecified atom stereocenters. The van der Waals surface area contributed by atoms with Gasteiger partial charge < -0.3 is 15.1 Å². The van der Waals surface area contributed by atoms with Crippen molar-refractivity contribution < 1.29 is 18.8 Å². The molecule has 0 aliphatic carbocycles. The van der Waals surface area contributed by atoms with Gasteiger partial charge in [0.05, 0.1) is 24.8 Å². The van der Waals surface area contributed by atoms with E-state index in [-0.39, 0.29) is 24.1 Å². The Hall–Kier alpha value is -3.29. The molecule has 1 spiro atoms. The van der Waals surface area contributed by atoms with Crippen LogP contribution in [0.1, 0.15) is 24.8 Å². The maximum absolute atomic E-state index is 13.1. The van der Waals surface area contributed by atoms with Crippen molar-refractivity contribution in [2.24, 2.45) is 5.16 Å². The lowest BCUT2D eigenvalue weighted by Crippen LogP contribution is -2.51. The molecule has 2 aromatic rings. The molecule has 0 radical (unpaired) electrons. The minimum atomic E-state index is -0.668. The number of carbonyl (C=O) groups is 2. The molecule has 3 heterocycles. The minimum absolute atomic E-state index is 0.0486. The van der Waals surface area contributed by atoms with Gasteiger partial charge in [0.25, 0.3) is 5.91 Å². The first-order valence-corrected chi connectivity index (χ1v) is 9.52. The van der Waals surface area contributed by atoms with Crippen molar-refractivity contribution in [2.45, 2.75) is 31.3 Å². The highest BCUT2D eigenvalue weighted by Crippen LogP contribution is 2.34. The average molecular weight is 396 g/mol. The average Bonchev–Trinajstić information content (AvgIpc) is 3.14. The SMILES string of the molecule is O=C(Nc1cccnc1)C1=NOC2(CCCN(C(=O)Cc3ccc(F)cc3)C2)C1. The Kier molecular flexibility index (Phi) is 5.24. The predicted molar refractivity (Wildman–Crippen MR) is 105 cm³/mol. The number of amides is 2. The quantitative estimate of drug-likeness (QED) is 0.861. The molecule has 1 N–H and O–H groups in total. The Bertz CT molecular complexity index is 933. The van der Waals surface area contributed by atoms with Gasteiger partial charge in [-0.15, -0.1) is 0 Å². The molecule has 1 atom stereocenters. The fourth-order valence-corrected chi connectivity index (χ4v) is 3.70. The molecule has 1 fully saturated rings. The van der Waals surface area contributed by atoms with Gasteiger partial charge >= 0.3 is 0 Å². The molecular formula is C21H21FN4O3. The maximum Gasteiger partial charge on any atom is 0.273 e. The van der Waals surface area contributed by atoms with E-state index in [2.05, 4.69) is 15.5 Å². The summed E-state index contributed by atoms with van der Waals surface area (Å²) in [6.07, 6.45) is 5.22. The number of nitrogens with zero attached hydrogens (tertiary/aromatic N) is 3. The van der Waals surface area contributed by atoms with Gasteiger partial charge in [0.15, 0.2) is 5.60 Å². The van der Waals surface area contributed by atoms with Crippen LogP contribution < -0.4 is 5.32 Å². The van der Waals surface area contributed by atoms with E-state index in [0.29, 0.717) is 30.9 Å². The van der Waals surface area contributed by atoms with Crippen molar-refractivity contribution >= 4 is 23.2 Å². The molecule has 0 bridgehead atoms. The summed E-state index contributed by atoms with van der Waals surface area (Å²) in [6, 6.07) is 9.40. The number of carbonyl (C=O) groups excluding carboxylic acids is 2. The normalized spacial score (nSPS) is 20.9. The largest absolute Gasteiger partial charge is 0.386 e.